The van der Waals surface area contributed by atoms with E-state index in [9.17, 15) is 0 Å². The number of benzene rings is 2. The van der Waals surface area contributed by atoms with Crippen LogP contribution in [0.25, 0.3) is 0 Å². The van der Waals surface area contributed by atoms with Gasteiger partial charge in [-0.2, -0.15) is 0 Å². The SMILES string of the molecule is COc1ccccc1Nc1cc(N2CCCc3ccccc32)ncn1. The highest BCUT2D eigenvalue weighted by Crippen LogP contribution is 2.33. The van der Waals surface area contributed by atoms with Gasteiger partial charge in [0.15, 0.2) is 0 Å². The number of para-hydroxylation sites is 3. The Labute approximate surface area is 147 Å². The van der Waals surface area contributed by atoms with Gasteiger partial charge in [0.1, 0.15) is 23.7 Å². The van der Waals surface area contributed by atoms with Crippen molar-refractivity contribution in [1.29, 1.82) is 0 Å². The van der Waals surface area contributed by atoms with Gasteiger partial charge in [-0.15, -0.1) is 0 Å². The lowest BCUT2D eigenvalue weighted by atomic mass is 10.0. The maximum Gasteiger partial charge on any atom is 0.142 e. The average molecular weight is 332 g/mol. The molecule has 0 spiro atoms. The second-order valence-electron chi connectivity index (χ2n) is 5.97. The van der Waals surface area contributed by atoms with Gasteiger partial charge in [-0.1, -0.05) is 30.3 Å². The minimum atomic E-state index is 0.748. The van der Waals surface area contributed by atoms with Crippen molar-refractivity contribution in [3.63, 3.8) is 0 Å². The number of rotatable bonds is 4. The lowest BCUT2D eigenvalue weighted by Crippen LogP contribution is -2.25. The predicted octanol–water partition coefficient (Wildman–Crippen LogP) is 4.31. The van der Waals surface area contributed by atoms with E-state index in [1.54, 1.807) is 13.4 Å². The number of nitrogens with one attached hydrogen (secondary N) is 1. The van der Waals surface area contributed by atoms with Gasteiger partial charge >= 0.3 is 0 Å². The molecule has 1 aliphatic heterocycles. The lowest BCUT2D eigenvalue weighted by Gasteiger charge is -2.30. The van der Waals surface area contributed by atoms with E-state index in [-0.39, 0.29) is 0 Å². The van der Waals surface area contributed by atoms with Crippen LogP contribution in [0.1, 0.15) is 12.0 Å². The van der Waals surface area contributed by atoms with Crippen molar-refractivity contribution in [3.05, 3.63) is 66.5 Å². The van der Waals surface area contributed by atoms with E-state index in [1.165, 1.54) is 11.3 Å². The monoisotopic (exact) mass is 332 g/mol. The summed E-state index contributed by atoms with van der Waals surface area (Å²) >= 11 is 0. The molecular formula is C20H20N4O. The molecule has 0 saturated carbocycles. The first-order chi connectivity index (χ1) is 12.3. The molecule has 0 radical (unpaired) electrons. The fraction of sp³-hybridized carbons (Fsp3) is 0.200. The summed E-state index contributed by atoms with van der Waals surface area (Å²) in [6.45, 7) is 0.960. The van der Waals surface area contributed by atoms with Crippen LogP contribution in [0.5, 0.6) is 5.75 Å². The Morgan fingerprint density at radius 1 is 1.04 bits per heavy atom. The second kappa shape index (κ2) is 6.81. The fourth-order valence-corrected chi connectivity index (χ4v) is 3.22. The van der Waals surface area contributed by atoms with Gasteiger partial charge in [0, 0.05) is 18.3 Å². The van der Waals surface area contributed by atoms with Crippen LogP contribution in [0, 0.1) is 0 Å². The number of methoxy groups -OCH3 is 1. The normalized spacial score (nSPS) is 13.2. The van der Waals surface area contributed by atoms with Gasteiger partial charge in [-0.05, 0) is 36.6 Å². The molecule has 1 N–H and O–H groups in total. The summed E-state index contributed by atoms with van der Waals surface area (Å²) < 4.78 is 5.39. The number of hydrogen-bond acceptors (Lipinski definition) is 5. The summed E-state index contributed by atoms with van der Waals surface area (Å²) in [5, 5.41) is 3.32. The van der Waals surface area contributed by atoms with Gasteiger partial charge in [-0.25, -0.2) is 9.97 Å². The van der Waals surface area contributed by atoms with Crippen LogP contribution in [0.3, 0.4) is 0 Å². The first kappa shape index (κ1) is 15.4. The largest absolute Gasteiger partial charge is 0.495 e. The van der Waals surface area contributed by atoms with Crippen molar-refractivity contribution < 1.29 is 4.74 Å². The van der Waals surface area contributed by atoms with Gasteiger partial charge in [0.25, 0.3) is 0 Å². The number of hydrogen-bond donors (Lipinski definition) is 1. The van der Waals surface area contributed by atoms with E-state index in [0.29, 0.717) is 0 Å². The zero-order chi connectivity index (χ0) is 17.1. The molecule has 1 aliphatic rings. The lowest BCUT2D eigenvalue weighted by molar-refractivity contribution is 0.417. The third-order valence-electron chi connectivity index (χ3n) is 4.41. The molecule has 0 amide bonds. The quantitative estimate of drug-likeness (QED) is 0.771. The summed E-state index contributed by atoms with van der Waals surface area (Å²) in [5.41, 5.74) is 3.48. The molecule has 3 aromatic rings. The van der Waals surface area contributed by atoms with Crippen LogP contribution in [0.15, 0.2) is 60.9 Å². The van der Waals surface area contributed by atoms with Crippen LogP contribution in [-0.2, 0) is 6.42 Å². The molecular weight excluding hydrogens is 312 g/mol. The summed E-state index contributed by atoms with van der Waals surface area (Å²) in [7, 11) is 1.66. The van der Waals surface area contributed by atoms with Crippen LogP contribution in [-0.4, -0.2) is 23.6 Å². The predicted molar refractivity (Wildman–Crippen MR) is 100 cm³/mol. The molecule has 0 aliphatic carbocycles. The number of anilines is 4. The third-order valence-corrected chi connectivity index (χ3v) is 4.41. The zero-order valence-electron chi connectivity index (χ0n) is 14.1. The van der Waals surface area contributed by atoms with Crippen molar-refractivity contribution in [2.75, 3.05) is 23.9 Å². The smallest absolute Gasteiger partial charge is 0.142 e. The average Bonchev–Trinajstić information content (AvgIpc) is 2.68. The topological polar surface area (TPSA) is 50.3 Å². The number of aromatic nitrogens is 2. The molecule has 0 saturated heterocycles. The van der Waals surface area contributed by atoms with E-state index < -0.39 is 0 Å². The Morgan fingerprint density at radius 2 is 1.88 bits per heavy atom. The molecule has 4 rings (SSSR count). The zero-order valence-corrected chi connectivity index (χ0v) is 14.1. The van der Waals surface area contributed by atoms with E-state index in [0.717, 1.165) is 42.5 Å². The maximum atomic E-state index is 5.39. The number of ether oxygens (including phenoxy) is 1. The van der Waals surface area contributed by atoms with Gasteiger partial charge < -0.3 is 15.0 Å². The van der Waals surface area contributed by atoms with Gasteiger partial charge in [-0.3, -0.25) is 0 Å². The van der Waals surface area contributed by atoms with Crippen molar-refractivity contribution in [2.24, 2.45) is 0 Å². The molecule has 5 heteroatoms. The summed E-state index contributed by atoms with van der Waals surface area (Å²) in [6, 6.07) is 18.3. The number of aryl methyl sites for hydroxylation is 1. The molecule has 25 heavy (non-hydrogen) atoms. The Kier molecular flexibility index (Phi) is 4.21. The standard InChI is InChI=1S/C20H20N4O/c1-25-18-11-5-3-9-16(18)23-19-13-20(22-14-21-19)24-12-6-8-15-7-2-4-10-17(15)24/h2-5,7,9-11,13-14H,6,8,12H2,1H3,(H,21,22,23). The Morgan fingerprint density at radius 3 is 2.80 bits per heavy atom. The summed E-state index contributed by atoms with van der Waals surface area (Å²) in [5.74, 6) is 2.43. The minimum absolute atomic E-state index is 0.748. The molecule has 0 bridgehead atoms. The third kappa shape index (κ3) is 3.13. The molecule has 0 fully saturated rings. The second-order valence-corrected chi connectivity index (χ2v) is 5.97. The molecule has 0 atom stereocenters. The van der Waals surface area contributed by atoms with Crippen molar-refractivity contribution in [2.45, 2.75) is 12.8 Å². The van der Waals surface area contributed by atoms with Crippen LogP contribution in [0.2, 0.25) is 0 Å². The minimum Gasteiger partial charge on any atom is -0.495 e. The molecule has 126 valence electrons. The van der Waals surface area contributed by atoms with Crippen LogP contribution < -0.4 is 15.0 Å². The Balaban J connectivity index is 1.65. The van der Waals surface area contributed by atoms with Crippen molar-refractivity contribution in [3.8, 4) is 5.75 Å². The number of fused-ring (bicyclic) bond motifs is 1. The van der Waals surface area contributed by atoms with Crippen molar-refractivity contribution >= 4 is 23.0 Å². The molecule has 1 aromatic heterocycles. The maximum absolute atomic E-state index is 5.39. The van der Waals surface area contributed by atoms with E-state index in [1.807, 2.05) is 30.3 Å². The Bertz CT molecular complexity index is 881. The summed E-state index contributed by atoms with van der Waals surface area (Å²) in [4.78, 5) is 11.1. The molecule has 0 unspecified atom stereocenters. The first-order valence-electron chi connectivity index (χ1n) is 8.43. The number of nitrogens with zero attached hydrogens (tertiary/aromatic N) is 3. The van der Waals surface area contributed by atoms with Crippen LogP contribution in [0.4, 0.5) is 23.0 Å². The highest BCUT2D eigenvalue weighted by molar-refractivity contribution is 5.69. The van der Waals surface area contributed by atoms with Gasteiger partial charge in [0.05, 0.1) is 12.8 Å². The molecule has 2 aromatic carbocycles. The van der Waals surface area contributed by atoms with E-state index >= 15 is 0 Å². The molecule has 5 nitrogen and oxygen atoms in total. The highest BCUT2D eigenvalue weighted by atomic mass is 16.5. The highest BCUT2D eigenvalue weighted by Gasteiger charge is 2.19. The summed E-state index contributed by atoms with van der Waals surface area (Å²) in [6.07, 6.45) is 3.84. The van der Waals surface area contributed by atoms with E-state index in [2.05, 4.69) is 44.5 Å². The van der Waals surface area contributed by atoms with Crippen molar-refractivity contribution in [1.82, 2.24) is 9.97 Å². The van der Waals surface area contributed by atoms with E-state index in [4.69, 9.17) is 4.74 Å². The first-order valence-corrected chi connectivity index (χ1v) is 8.43. The molecule has 2 heterocycles. The van der Waals surface area contributed by atoms with Crippen LogP contribution >= 0.6 is 0 Å². The fourth-order valence-electron chi connectivity index (χ4n) is 3.22. The van der Waals surface area contributed by atoms with Gasteiger partial charge in [0.2, 0.25) is 0 Å². The Hall–Kier alpha value is -3.08.